The molecule has 1 aromatic rings. The van der Waals surface area contributed by atoms with Gasteiger partial charge in [-0.05, 0) is 45.0 Å². The van der Waals surface area contributed by atoms with Crippen LogP contribution in [0.3, 0.4) is 0 Å². The standard InChI is InChI=1S/C12H18N2O3/c1-12(2,3)17-14-11(15)13-9-5-7-10(16-4)8-6-9/h5-8H,1-4H3,(H2,13,14,15). The van der Waals surface area contributed by atoms with Gasteiger partial charge in [0.25, 0.3) is 0 Å². The van der Waals surface area contributed by atoms with E-state index in [1.54, 1.807) is 31.4 Å². The van der Waals surface area contributed by atoms with E-state index in [1.807, 2.05) is 20.8 Å². The lowest BCUT2D eigenvalue weighted by atomic mass is 10.2. The molecule has 0 unspecified atom stereocenters. The molecule has 0 aliphatic carbocycles. The molecule has 2 N–H and O–H groups in total. The van der Waals surface area contributed by atoms with Gasteiger partial charge in [0.1, 0.15) is 5.75 Å². The van der Waals surface area contributed by atoms with Crippen LogP contribution < -0.4 is 15.5 Å². The number of benzene rings is 1. The minimum atomic E-state index is -0.419. The van der Waals surface area contributed by atoms with Crippen molar-refractivity contribution in [1.29, 1.82) is 0 Å². The van der Waals surface area contributed by atoms with E-state index >= 15 is 0 Å². The highest BCUT2D eigenvalue weighted by atomic mass is 16.7. The first-order valence-corrected chi connectivity index (χ1v) is 5.30. The molecule has 1 aromatic carbocycles. The van der Waals surface area contributed by atoms with Crippen molar-refractivity contribution >= 4 is 11.7 Å². The molecule has 0 aromatic heterocycles. The average molecular weight is 238 g/mol. The zero-order valence-corrected chi connectivity index (χ0v) is 10.5. The first-order chi connectivity index (χ1) is 7.90. The van der Waals surface area contributed by atoms with Crippen molar-refractivity contribution in [2.45, 2.75) is 26.4 Å². The fourth-order valence-electron chi connectivity index (χ4n) is 1.03. The van der Waals surface area contributed by atoms with Crippen molar-refractivity contribution in [3.05, 3.63) is 24.3 Å². The number of rotatable bonds is 3. The summed E-state index contributed by atoms with van der Waals surface area (Å²) in [6.07, 6.45) is 0. The zero-order valence-electron chi connectivity index (χ0n) is 10.5. The number of urea groups is 1. The Morgan fingerprint density at radius 3 is 2.24 bits per heavy atom. The number of hydrogen-bond acceptors (Lipinski definition) is 3. The van der Waals surface area contributed by atoms with Gasteiger partial charge in [-0.1, -0.05) is 0 Å². The fraction of sp³-hybridized carbons (Fsp3) is 0.417. The van der Waals surface area contributed by atoms with Gasteiger partial charge in [-0.3, -0.25) is 4.84 Å². The van der Waals surface area contributed by atoms with Crippen LogP contribution in [-0.2, 0) is 4.84 Å². The van der Waals surface area contributed by atoms with Gasteiger partial charge in [0.05, 0.1) is 12.7 Å². The summed E-state index contributed by atoms with van der Waals surface area (Å²) >= 11 is 0. The lowest BCUT2D eigenvalue weighted by Gasteiger charge is -2.19. The van der Waals surface area contributed by atoms with Crippen LogP contribution in [0.2, 0.25) is 0 Å². The number of nitrogens with one attached hydrogen (secondary N) is 2. The van der Waals surface area contributed by atoms with Gasteiger partial charge in [0.15, 0.2) is 0 Å². The maximum absolute atomic E-state index is 11.4. The SMILES string of the molecule is COc1ccc(NC(=O)NOC(C)(C)C)cc1. The molecule has 0 bridgehead atoms. The molecule has 0 aliphatic rings. The van der Waals surface area contributed by atoms with Gasteiger partial charge in [0, 0.05) is 5.69 Å². The van der Waals surface area contributed by atoms with E-state index in [0.29, 0.717) is 5.69 Å². The van der Waals surface area contributed by atoms with E-state index in [0.717, 1.165) is 5.75 Å². The summed E-state index contributed by atoms with van der Waals surface area (Å²) in [7, 11) is 1.59. The third kappa shape index (κ3) is 5.21. The molecule has 0 saturated heterocycles. The second kappa shape index (κ2) is 5.54. The van der Waals surface area contributed by atoms with Crippen molar-refractivity contribution in [3.63, 3.8) is 0 Å². The number of carbonyl (C=O) groups is 1. The molecule has 5 nitrogen and oxygen atoms in total. The topological polar surface area (TPSA) is 59.6 Å². The van der Waals surface area contributed by atoms with Gasteiger partial charge in [-0.25, -0.2) is 10.3 Å². The molecule has 5 heteroatoms. The van der Waals surface area contributed by atoms with E-state index in [9.17, 15) is 4.79 Å². The summed E-state index contributed by atoms with van der Waals surface area (Å²) in [6.45, 7) is 5.54. The number of hydroxylamine groups is 1. The minimum Gasteiger partial charge on any atom is -0.497 e. The highest BCUT2D eigenvalue weighted by Crippen LogP contribution is 2.14. The highest BCUT2D eigenvalue weighted by molar-refractivity contribution is 5.88. The summed E-state index contributed by atoms with van der Waals surface area (Å²) in [4.78, 5) is 16.6. The molecule has 0 aliphatic heterocycles. The van der Waals surface area contributed by atoms with Crippen molar-refractivity contribution in [2.24, 2.45) is 0 Å². The Hall–Kier alpha value is -1.75. The van der Waals surface area contributed by atoms with Crippen LogP contribution in [0, 0.1) is 0 Å². The molecule has 17 heavy (non-hydrogen) atoms. The first-order valence-electron chi connectivity index (χ1n) is 5.30. The monoisotopic (exact) mass is 238 g/mol. The fourth-order valence-corrected chi connectivity index (χ4v) is 1.03. The molecule has 1 rings (SSSR count). The molecule has 0 spiro atoms. The van der Waals surface area contributed by atoms with Gasteiger partial charge in [-0.2, -0.15) is 0 Å². The number of hydrogen-bond donors (Lipinski definition) is 2. The quantitative estimate of drug-likeness (QED) is 0.795. The molecule has 0 radical (unpaired) electrons. The number of carbonyl (C=O) groups excluding carboxylic acids is 1. The van der Waals surface area contributed by atoms with Crippen LogP contribution in [0.25, 0.3) is 0 Å². The van der Waals surface area contributed by atoms with Crippen LogP contribution in [-0.4, -0.2) is 18.7 Å². The van der Waals surface area contributed by atoms with Gasteiger partial charge >= 0.3 is 6.03 Å². The summed E-state index contributed by atoms with van der Waals surface area (Å²) in [5, 5.41) is 2.64. The van der Waals surface area contributed by atoms with Crippen LogP contribution in [0.5, 0.6) is 5.75 Å². The summed E-state index contributed by atoms with van der Waals surface area (Å²) in [5.74, 6) is 0.738. The Bertz CT molecular complexity index is 368. The Labute approximate surface area is 101 Å². The van der Waals surface area contributed by atoms with Gasteiger partial charge < -0.3 is 10.1 Å². The second-order valence-corrected chi connectivity index (χ2v) is 4.50. The number of ether oxygens (including phenoxy) is 1. The molecular formula is C12H18N2O3. The van der Waals surface area contributed by atoms with E-state index in [2.05, 4.69) is 10.8 Å². The van der Waals surface area contributed by atoms with E-state index < -0.39 is 11.6 Å². The van der Waals surface area contributed by atoms with Gasteiger partial charge in [0.2, 0.25) is 0 Å². The van der Waals surface area contributed by atoms with Gasteiger partial charge in [-0.15, -0.1) is 0 Å². The van der Waals surface area contributed by atoms with Crippen molar-refractivity contribution < 1.29 is 14.4 Å². The predicted octanol–water partition coefficient (Wildman–Crippen LogP) is 2.55. The minimum absolute atomic E-state index is 0.412. The van der Waals surface area contributed by atoms with Crippen LogP contribution in [0.1, 0.15) is 20.8 Å². The van der Waals surface area contributed by atoms with E-state index in [4.69, 9.17) is 9.57 Å². The van der Waals surface area contributed by atoms with Crippen molar-refractivity contribution in [3.8, 4) is 5.75 Å². The molecule has 94 valence electrons. The summed E-state index contributed by atoms with van der Waals surface area (Å²) in [6, 6.07) is 6.61. The third-order valence-corrected chi connectivity index (χ3v) is 1.80. The Kier molecular flexibility index (Phi) is 4.34. The third-order valence-electron chi connectivity index (χ3n) is 1.80. The summed E-state index contributed by atoms with van der Waals surface area (Å²) < 4.78 is 5.01. The smallest absolute Gasteiger partial charge is 0.343 e. The lowest BCUT2D eigenvalue weighted by molar-refractivity contribution is -0.0505. The first kappa shape index (κ1) is 13.3. The lowest BCUT2D eigenvalue weighted by Crippen LogP contribution is -2.36. The molecule has 0 heterocycles. The van der Waals surface area contributed by atoms with E-state index in [1.165, 1.54) is 0 Å². The van der Waals surface area contributed by atoms with E-state index in [-0.39, 0.29) is 0 Å². The largest absolute Gasteiger partial charge is 0.497 e. The Morgan fingerprint density at radius 2 is 1.76 bits per heavy atom. The molecule has 2 amide bonds. The Balaban J connectivity index is 2.45. The molecule has 0 atom stereocenters. The summed E-state index contributed by atoms with van der Waals surface area (Å²) in [5.41, 5.74) is 2.57. The maximum atomic E-state index is 11.4. The number of anilines is 1. The van der Waals surface area contributed by atoms with Crippen molar-refractivity contribution in [2.75, 3.05) is 12.4 Å². The second-order valence-electron chi connectivity index (χ2n) is 4.50. The zero-order chi connectivity index (χ0) is 12.9. The molecular weight excluding hydrogens is 220 g/mol. The Morgan fingerprint density at radius 1 is 1.18 bits per heavy atom. The number of methoxy groups -OCH3 is 1. The van der Waals surface area contributed by atoms with Crippen LogP contribution >= 0.6 is 0 Å². The molecule has 0 saturated carbocycles. The average Bonchev–Trinajstić information content (AvgIpc) is 2.27. The van der Waals surface area contributed by atoms with Crippen molar-refractivity contribution in [1.82, 2.24) is 5.48 Å². The van der Waals surface area contributed by atoms with Crippen LogP contribution in [0.4, 0.5) is 10.5 Å². The normalized spacial score (nSPS) is 10.8. The highest BCUT2D eigenvalue weighted by Gasteiger charge is 2.12. The number of amides is 2. The maximum Gasteiger partial charge on any atom is 0.343 e. The predicted molar refractivity (Wildman–Crippen MR) is 66.0 cm³/mol. The van der Waals surface area contributed by atoms with Crippen LogP contribution in [0.15, 0.2) is 24.3 Å². The molecule has 0 fully saturated rings.